The number of urea groups is 1. The minimum Gasteiger partial charge on any atom is -0.497 e. The summed E-state index contributed by atoms with van der Waals surface area (Å²) >= 11 is 0. The first-order valence-corrected chi connectivity index (χ1v) is 10.3. The molecule has 2 aromatic carbocycles. The van der Waals surface area contributed by atoms with E-state index in [0.29, 0.717) is 30.2 Å². The van der Waals surface area contributed by atoms with Crippen LogP contribution in [-0.4, -0.2) is 44.2 Å². The van der Waals surface area contributed by atoms with Gasteiger partial charge in [0, 0.05) is 24.3 Å². The molecule has 1 saturated heterocycles. The SMILES string of the molecule is CCCCOC(=O)c1ccc(NC(=O)N[C@@H]2CC(=O)N(c3ccc(OC)cc3)C2)cc1. The average molecular weight is 425 g/mol. The molecule has 1 atom stereocenters. The normalized spacial score (nSPS) is 15.5. The number of carbonyl (C=O) groups excluding carboxylic acids is 3. The summed E-state index contributed by atoms with van der Waals surface area (Å²) in [6.07, 6.45) is 2.00. The molecule has 2 N–H and O–H groups in total. The number of carbonyl (C=O) groups is 3. The predicted molar refractivity (Wildman–Crippen MR) is 118 cm³/mol. The number of hydrogen-bond donors (Lipinski definition) is 2. The first kappa shape index (κ1) is 22.1. The summed E-state index contributed by atoms with van der Waals surface area (Å²) in [4.78, 5) is 38.3. The lowest BCUT2D eigenvalue weighted by atomic mass is 10.2. The van der Waals surface area contributed by atoms with Crippen molar-refractivity contribution in [1.29, 1.82) is 0 Å². The maximum Gasteiger partial charge on any atom is 0.338 e. The number of amides is 3. The Labute approximate surface area is 181 Å². The van der Waals surface area contributed by atoms with Crippen LogP contribution >= 0.6 is 0 Å². The van der Waals surface area contributed by atoms with E-state index in [1.807, 2.05) is 19.1 Å². The Balaban J connectivity index is 1.50. The summed E-state index contributed by atoms with van der Waals surface area (Å²) in [6.45, 7) is 2.81. The number of unbranched alkanes of at least 4 members (excludes halogenated alkanes) is 1. The molecular weight excluding hydrogens is 398 g/mol. The van der Waals surface area contributed by atoms with E-state index < -0.39 is 6.03 Å². The van der Waals surface area contributed by atoms with E-state index >= 15 is 0 Å². The molecule has 8 heteroatoms. The minimum absolute atomic E-state index is 0.0543. The molecule has 8 nitrogen and oxygen atoms in total. The molecule has 3 rings (SSSR count). The quantitative estimate of drug-likeness (QED) is 0.498. The number of hydrogen-bond acceptors (Lipinski definition) is 5. The number of esters is 1. The summed E-state index contributed by atoms with van der Waals surface area (Å²) < 4.78 is 10.3. The van der Waals surface area contributed by atoms with Crippen LogP contribution in [0.25, 0.3) is 0 Å². The molecular formula is C23H27N3O5. The second-order valence-corrected chi connectivity index (χ2v) is 7.27. The lowest BCUT2D eigenvalue weighted by Gasteiger charge is -2.18. The van der Waals surface area contributed by atoms with Gasteiger partial charge in [0.2, 0.25) is 5.91 Å². The second-order valence-electron chi connectivity index (χ2n) is 7.27. The van der Waals surface area contributed by atoms with Gasteiger partial charge in [-0.3, -0.25) is 4.79 Å². The third kappa shape index (κ3) is 5.97. The topological polar surface area (TPSA) is 97.0 Å². The predicted octanol–water partition coefficient (Wildman–Crippen LogP) is 3.58. The van der Waals surface area contributed by atoms with Crippen molar-refractivity contribution in [3.63, 3.8) is 0 Å². The summed E-state index contributed by atoms with van der Waals surface area (Å²) in [6, 6.07) is 13.0. The second kappa shape index (κ2) is 10.5. The van der Waals surface area contributed by atoms with E-state index in [1.165, 1.54) is 0 Å². The zero-order chi connectivity index (χ0) is 22.2. The lowest BCUT2D eigenvalue weighted by molar-refractivity contribution is -0.117. The molecule has 31 heavy (non-hydrogen) atoms. The molecule has 1 fully saturated rings. The molecule has 1 heterocycles. The van der Waals surface area contributed by atoms with Gasteiger partial charge in [0.05, 0.1) is 25.3 Å². The highest BCUT2D eigenvalue weighted by Gasteiger charge is 2.31. The molecule has 0 aliphatic carbocycles. The fourth-order valence-corrected chi connectivity index (χ4v) is 3.25. The Hall–Kier alpha value is -3.55. The van der Waals surface area contributed by atoms with Crippen molar-refractivity contribution in [3.05, 3.63) is 54.1 Å². The molecule has 0 saturated carbocycles. The van der Waals surface area contributed by atoms with Gasteiger partial charge < -0.3 is 25.0 Å². The van der Waals surface area contributed by atoms with E-state index in [-0.39, 0.29) is 24.3 Å². The van der Waals surface area contributed by atoms with E-state index in [9.17, 15) is 14.4 Å². The van der Waals surface area contributed by atoms with Gasteiger partial charge in [-0.15, -0.1) is 0 Å². The van der Waals surface area contributed by atoms with E-state index in [1.54, 1.807) is 48.4 Å². The van der Waals surface area contributed by atoms with Crippen molar-refractivity contribution >= 4 is 29.3 Å². The van der Waals surface area contributed by atoms with Gasteiger partial charge in [-0.1, -0.05) is 13.3 Å². The van der Waals surface area contributed by atoms with Gasteiger partial charge >= 0.3 is 12.0 Å². The Morgan fingerprint density at radius 3 is 2.45 bits per heavy atom. The molecule has 1 aliphatic heterocycles. The van der Waals surface area contributed by atoms with E-state index in [0.717, 1.165) is 18.5 Å². The van der Waals surface area contributed by atoms with Crippen LogP contribution in [0.1, 0.15) is 36.5 Å². The number of rotatable bonds is 8. The smallest absolute Gasteiger partial charge is 0.338 e. The Morgan fingerprint density at radius 2 is 1.81 bits per heavy atom. The van der Waals surface area contributed by atoms with Crippen molar-refractivity contribution in [1.82, 2.24) is 5.32 Å². The van der Waals surface area contributed by atoms with Gasteiger partial charge in [0.1, 0.15) is 5.75 Å². The Kier molecular flexibility index (Phi) is 7.48. The third-order valence-corrected chi connectivity index (χ3v) is 4.95. The third-order valence-electron chi connectivity index (χ3n) is 4.95. The molecule has 0 spiro atoms. The number of ether oxygens (including phenoxy) is 2. The van der Waals surface area contributed by atoms with Crippen molar-refractivity contribution in [2.24, 2.45) is 0 Å². The average Bonchev–Trinajstić information content (AvgIpc) is 3.14. The van der Waals surface area contributed by atoms with Crippen LogP contribution in [0.15, 0.2) is 48.5 Å². The molecule has 164 valence electrons. The molecule has 0 aromatic heterocycles. The minimum atomic E-state index is -0.410. The van der Waals surface area contributed by atoms with Crippen LogP contribution in [0, 0.1) is 0 Å². The molecule has 2 aromatic rings. The zero-order valence-corrected chi connectivity index (χ0v) is 17.7. The first-order chi connectivity index (χ1) is 15.0. The summed E-state index contributed by atoms with van der Waals surface area (Å²) in [7, 11) is 1.58. The summed E-state index contributed by atoms with van der Waals surface area (Å²) in [5.41, 5.74) is 1.73. The number of methoxy groups -OCH3 is 1. The van der Waals surface area contributed by atoms with Gasteiger partial charge in [0.15, 0.2) is 0 Å². The molecule has 1 aliphatic rings. The molecule has 0 unspecified atom stereocenters. The number of anilines is 2. The van der Waals surface area contributed by atoms with Crippen LogP contribution in [0.5, 0.6) is 5.75 Å². The van der Waals surface area contributed by atoms with Crippen LogP contribution < -0.4 is 20.3 Å². The zero-order valence-electron chi connectivity index (χ0n) is 17.7. The van der Waals surface area contributed by atoms with Gasteiger partial charge in [0.25, 0.3) is 0 Å². The Morgan fingerprint density at radius 1 is 1.10 bits per heavy atom. The summed E-state index contributed by atoms with van der Waals surface area (Å²) in [5, 5.41) is 5.55. The van der Waals surface area contributed by atoms with Crippen LogP contribution in [0.3, 0.4) is 0 Å². The van der Waals surface area contributed by atoms with Crippen molar-refractivity contribution in [2.45, 2.75) is 32.2 Å². The van der Waals surface area contributed by atoms with Crippen LogP contribution in [-0.2, 0) is 9.53 Å². The van der Waals surface area contributed by atoms with E-state index in [2.05, 4.69) is 10.6 Å². The standard InChI is InChI=1S/C23H27N3O5/c1-3-4-13-31-22(28)16-5-7-17(8-6-16)24-23(29)25-18-14-21(27)26(15-18)19-9-11-20(30-2)12-10-19/h5-12,18H,3-4,13-15H2,1-2H3,(H2,24,25,29)/t18-/m1/s1. The number of benzene rings is 2. The monoisotopic (exact) mass is 425 g/mol. The van der Waals surface area contributed by atoms with Gasteiger partial charge in [-0.05, 0) is 55.0 Å². The van der Waals surface area contributed by atoms with Gasteiger partial charge in [-0.25, -0.2) is 9.59 Å². The maximum atomic E-state index is 12.4. The van der Waals surface area contributed by atoms with Crippen LogP contribution in [0.2, 0.25) is 0 Å². The van der Waals surface area contributed by atoms with Gasteiger partial charge in [-0.2, -0.15) is 0 Å². The van der Waals surface area contributed by atoms with Crippen molar-refractivity contribution < 1.29 is 23.9 Å². The lowest BCUT2D eigenvalue weighted by Crippen LogP contribution is -2.39. The molecule has 3 amide bonds. The Bertz CT molecular complexity index is 912. The fraction of sp³-hybridized carbons (Fsp3) is 0.348. The van der Waals surface area contributed by atoms with E-state index in [4.69, 9.17) is 9.47 Å². The van der Waals surface area contributed by atoms with Crippen molar-refractivity contribution in [3.8, 4) is 5.75 Å². The first-order valence-electron chi connectivity index (χ1n) is 10.3. The highest BCUT2D eigenvalue weighted by Crippen LogP contribution is 2.24. The fourth-order valence-electron chi connectivity index (χ4n) is 3.25. The highest BCUT2D eigenvalue weighted by molar-refractivity contribution is 5.98. The van der Waals surface area contributed by atoms with Crippen molar-refractivity contribution in [2.75, 3.05) is 30.5 Å². The summed E-state index contributed by atoms with van der Waals surface area (Å²) in [5.74, 6) is 0.277. The molecule has 0 bridgehead atoms. The highest BCUT2D eigenvalue weighted by atomic mass is 16.5. The molecule has 0 radical (unpaired) electrons. The van der Waals surface area contributed by atoms with Crippen LogP contribution in [0.4, 0.5) is 16.2 Å². The maximum absolute atomic E-state index is 12.4. The number of nitrogens with zero attached hydrogens (tertiary/aromatic N) is 1. The largest absolute Gasteiger partial charge is 0.497 e. The number of nitrogens with one attached hydrogen (secondary N) is 2.